The normalized spacial score (nSPS) is 11.0. The molecular formula is C9H10ClN3S. The van der Waals surface area contributed by atoms with Crippen LogP contribution in [-0.2, 0) is 0 Å². The Morgan fingerprint density at radius 1 is 1.64 bits per heavy atom. The van der Waals surface area contributed by atoms with Gasteiger partial charge < -0.3 is 0 Å². The second-order valence-corrected chi connectivity index (χ2v) is 5.32. The first-order chi connectivity index (χ1) is 6.57. The Balaban J connectivity index is 2.83. The molecule has 1 aromatic rings. The quantitative estimate of drug-likeness (QED) is 0.452. The second-order valence-electron chi connectivity index (χ2n) is 3.33. The molecule has 3 nitrogen and oxygen atoms in total. The number of alkyl halides is 1. The Kier molecular flexibility index (Phi) is 3.73. The summed E-state index contributed by atoms with van der Waals surface area (Å²) in [6.07, 6.45) is 1.58. The van der Waals surface area contributed by atoms with Crippen LogP contribution >= 0.6 is 23.4 Å². The van der Waals surface area contributed by atoms with Crippen LogP contribution < -0.4 is 0 Å². The zero-order chi connectivity index (χ0) is 10.6. The van der Waals surface area contributed by atoms with Gasteiger partial charge >= 0.3 is 0 Å². The molecule has 0 spiro atoms. The molecule has 0 atom stereocenters. The van der Waals surface area contributed by atoms with E-state index in [1.807, 2.05) is 19.9 Å². The van der Waals surface area contributed by atoms with Crippen molar-refractivity contribution in [2.24, 2.45) is 0 Å². The fraction of sp³-hybridized carbons (Fsp3) is 0.444. The highest BCUT2D eigenvalue weighted by Crippen LogP contribution is 2.31. The molecular weight excluding hydrogens is 218 g/mol. The number of halogens is 1. The SMILES string of the molecule is CC(C)(CCl)Sc1ccnc(C#N)n1. The summed E-state index contributed by atoms with van der Waals surface area (Å²) in [4.78, 5) is 7.85. The minimum atomic E-state index is -0.0807. The van der Waals surface area contributed by atoms with Crippen molar-refractivity contribution >= 4 is 23.4 Å². The number of thioether (sulfide) groups is 1. The van der Waals surface area contributed by atoms with E-state index in [9.17, 15) is 0 Å². The summed E-state index contributed by atoms with van der Waals surface area (Å²) in [5.74, 6) is 0.726. The maximum atomic E-state index is 8.61. The molecule has 0 aliphatic carbocycles. The number of nitriles is 1. The molecule has 1 aromatic heterocycles. The van der Waals surface area contributed by atoms with Gasteiger partial charge in [0.05, 0.1) is 0 Å². The number of hydrogen-bond acceptors (Lipinski definition) is 4. The topological polar surface area (TPSA) is 49.6 Å². The first-order valence-corrected chi connectivity index (χ1v) is 5.40. The van der Waals surface area contributed by atoms with E-state index >= 15 is 0 Å². The van der Waals surface area contributed by atoms with Gasteiger partial charge in [0.15, 0.2) is 0 Å². The summed E-state index contributed by atoms with van der Waals surface area (Å²) >= 11 is 7.33. The summed E-state index contributed by atoms with van der Waals surface area (Å²) < 4.78 is -0.0807. The van der Waals surface area contributed by atoms with Crippen molar-refractivity contribution < 1.29 is 0 Å². The van der Waals surface area contributed by atoms with Crippen LogP contribution in [0.4, 0.5) is 0 Å². The van der Waals surface area contributed by atoms with Gasteiger partial charge in [-0.25, -0.2) is 9.97 Å². The van der Waals surface area contributed by atoms with Gasteiger partial charge in [-0.05, 0) is 19.9 Å². The molecule has 1 heterocycles. The molecule has 0 bridgehead atoms. The van der Waals surface area contributed by atoms with E-state index in [0.717, 1.165) is 5.03 Å². The monoisotopic (exact) mass is 227 g/mol. The van der Waals surface area contributed by atoms with Gasteiger partial charge in [-0.15, -0.1) is 11.6 Å². The lowest BCUT2D eigenvalue weighted by Gasteiger charge is -2.19. The van der Waals surface area contributed by atoms with Crippen LogP contribution in [0.15, 0.2) is 17.3 Å². The molecule has 0 radical (unpaired) electrons. The predicted octanol–water partition coefficient (Wildman–Crippen LogP) is 2.46. The minimum absolute atomic E-state index is 0.0807. The van der Waals surface area contributed by atoms with E-state index in [1.54, 1.807) is 24.0 Å². The Labute approximate surface area is 92.5 Å². The highest BCUT2D eigenvalue weighted by atomic mass is 35.5. The third kappa shape index (κ3) is 3.17. The highest BCUT2D eigenvalue weighted by molar-refractivity contribution is 8.00. The molecule has 1 rings (SSSR count). The summed E-state index contributed by atoms with van der Waals surface area (Å²) in [7, 11) is 0. The Hall–Kier alpha value is -0.790. The number of nitrogens with zero attached hydrogens (tertiary/aromatic N) is 3. The van der Waals surface area contributed by atoms with E-state index < -0.39 is 0 Å². The molecule has 0 aromatic carbocycles. The largest absolute Gasteiger partial charge is 0.233 e. The Morgan fingerprint density at radius 3 is 2.93 bits per heavy atom. The van der Waals surface area contributed by atoms with E-state index in [1.165, 1.54) is 0 Å². The van der Waals surface area contributed by atoms with Crippen molar-refractivity contribution in [3.8, 4) is 6.07 Å². The molecule has 0 aliphatic rings. The molecule has 0 unspecified atom stereocenters. The molecule has 0 saturated carbocycles. The van der Waals surface area contributed by atoms with Crippen LogP contribution in [0, 0.1) is 11.3 Å². The zero-order valence-electron chi connectivity index (χ0n) is 7.99. The highest BCUT2D eigenvalue weighted by Gasteiger charge is 2.18. The molecule has 0 amide bonds. The molecule has 0 fully saturated rings. The zero-order valence-corrected chi connectivity index (χ0v) is 9.56. The van der Waals surface area contributed by atoms with Crippen molar-refractivity contribution in [3.63, 3.8) is 0 Å². The summed E-state index contributed by atoms with van der Waals surface area (Å²) in [6, 6.07) is 3.68. The van der Waals surface area contributed by atoms with E-state index in [4.69, 9.17) is 16.9 Å². The smallest absolute Gasteiger partial charge is 0.227 e. The molecule has 5 heteroatoms. The average molecular weight is 228 g/mol. The van der Waals surface area contributed by atoms with Gasteiger partial charge in [-0.2, -0.15) is 5.26 Å². The minimum Gasteiger partial charge on any atom is -0.227 e. The first kappa shape index (κ1) is 11.3. The maximum absolute atomic E-state index is 8.61. The van der Waals surface area contributed by atoms with Crippen LogP contribution in [0.5, 0.6) is 0 Å². The van der Waals surface area contributed by atoms with Crippen molar-refractivity contribution in [1.29, 1.82) is 5.26 Å². The fourth-order valence-electron chi connectivity index (χ4n) is 0.763. The van der Waals surface area contributed by atoms with Crippen LogP contribution in [0.3, 0.4) is 0 Å². The third-order valence-electron chi connectivity index (χ3n) is 1.43. The Bertz CT molecular complexity index is 359. The predicted molar refractivity (Wildman–Crippen MR) is 57.4 cm³/mol. The van der Waals surface area contributed by atoms with Crippen LogP contribution in [0.2, 0.25) is 0 Å². The second kappa shape index (κ2) is 4.63. The van der Waals surface area contributed by atoms with Crippen molar-refractivity contribution in [2.45, 2.75) is 23.6 Å². The molecule has 0 aliphatic heterocycles. The molecule has 14 heavy (non-hydrogen) atoms. The van der Waals surface area contributed by atoms with Gasteiger partial charge in [-0.3, -0.25) is 0 Å². The van der Waals surface area contributed by atoms with Crippen LogP contribution in [-0.4, -0.2) is 20.6 Å². The van der Waals surface area contributed by atoms with Gasteiger partial charge in [0.2, 0.25) is 5.82 Å². The van der Waals surface area contributed by atoms with Crippen molar-refractivity contribution in [2.75, 3.05) is 5.88 Å². The van der Waals surface area contributed by atoms with E-state index in [2.05, 4.69) is 9.97 Å². The van der Waals surface area contributed by atoms with Gasteiger partial charge in [0.1, 0.15) is 11.1 Å². The lowest BCUT2D eigenvalue weighted by molar-refractivity contribution is 0.806. The van der Waals surface area contributed by atoms with E-state index in [-0.39, 0.29) is 10.6 Å². The number of aromatic nitrogens is 2. The standard InChI is InChI=1S/C9H10ClN3S/c1-9(2,6-10)14-8-3-4-12-7(5-11)13-8/h3-4H,6H2,1-2H3. The van der Waals surface area contributed by atoms with Crippen molar-refractivity contribution in [3.05, 3.63) is 18.1 Å². The van der Waals surface area contributed by atoms with Crippen LogP contribution in [0.25, 0.3) is 0 Å². The summed E-state index contributed by atoms with van der Waals surface area (Å²) in [5, 5.41) is 9.39. The third-order valence-corrected chi connectivity index (χ3v) is 3.39. The lowest BCUT2D eigenvalue weighted by atomic mass is 10.2. The summed E-state index contributed by atoms with van der Waals surface area (Å²) in [5.41, 5.74) is 0. The van der Waals surface area contributed by atoms with Gasteiger partial charge in [0.25, 0.3) is 0 Å². The summed E-state index contributed by atoms with van der Waals surface area (Å²) in [6.45, 7) is 4.05. The number of rotatable bonds is 3. The van der Waals surface area contributed by atoms with Crippen LogP contribution in [0.1, 0.15) is 19.7 Å². The van der Waals surface area contributed by atoms with Gasteiger partial charge in [-0.1, -0.05) is 11.8 Å². The van der Waals surface area contributed by atoms with E-state index in [0.29, 0.717) is 5.88 Å². The first-order valence-electron chi connectivity index (χ1n) is 4.05. The average Bonchev–Trinajstić information content (AvgIpc) is 2.17. The lowest BCUT2D eigenvalue weighted by Crippen LogP contribution is -2.16. The van der Waals surface area contributed by atoms with Gasteiger partial charge in [0, 0.05) is 16.8 Å². The maximum Gasteiger partial charge on any atom is 0.233 e. The van der Waals surface area contributed by atoms with Crippen molar-refractivity contribution in [1.82, 2.24) is 9.97 Å². The molecule has 0 saturated heterocycles. The fourth-order valence-corrected chi connectivity index (χ4v) is 1.81. The number of hydrogen-bond donors (Lipinski definition) is 0. The molecule has 74 valence electrons. The molecule has 0 N–H and O–H groups in total. The Morgan fingerprint density at radius 2 is 2.36 bits per heavy atom.